The Kier molecular flexibility index (Phi) is 6.70. The maximum absolute atomic E-state index is 14.4. The minimum atomic E-state index is -0.892. The fourth-order valence-electron chi connectivity index (χ4n) is 5.42. The van der Waals surface area contributed by atoms with Gasteiger partial charge in [0.1, 0.15) is 17.4 Å². The van der Waals surface area contributed by atoms with Crippen molar-refractivity contribution in [2.75, 3.05) is 12.4 Å². The number of methoxy groups -OCH3 is 1. The van der Waals surface area contributed by atoms with Gasteiger partial charge in [-0.1, -0.05) is 48.5 Å². The highest BCUT2D eigenvalue weighted by Crippen LogP contribution is 2.48. The van der Waals surface area contributed by atoms with Crippen LogP contribution in [0.1, 0.15) is 42.7 Å². The summed E-state index contributed by atoms with van der Waals surface area (Å²) in [4.78, 5) is 32.1. The van der Waals surface area contributed by atoms with Crippen LogP contribution < -0.4 is 10.1 Å². The summed E-state index contributed by atoms with van der Waals surface area (Å²) in [5.41, 5.74) is 3.26. The molecule has 5 rings (SSSR count). The molecule has 0 fully saturated rings. The number of rotatable bonds is 5. The van der Waals surface area contributed by atoms with Gasteiger partial charge in [-0.3, -0.25) is 14.6 Å². The van der Waals surface area contributed by atoms with Crippen molar-refractivity contribution in [3.8, 4) is 5.75 Å². The Balaban J connectivity index is 1.59. The van der Waals surface area contributed by atoms with E-state index in [-0.39, 0.29) is 17.4 Å². The van der Waals surface area contributed by atoms with E-state index in [2.05, 4.69) is 5.32 Å². The third-order valence-corrected chi connectivity index (χ3v) is 7.11. The number of hydrogen-bond acceptors (Lipinski definition) is 4. The lowest BCUT2D eigenvalue weighted by Crippen LogP contribution is -2.40. The van der Waals surface area contributed by atoms with Gasteiger partial charge in [0, 0.05) is 41.0 Å². The number of allylic oxidation sites excluding steroid dienone is 2. The second-order valence-corrected chi connectivity index (χ2v) is 9.36. The van der Waals surface area contributed by atoms with E-state index in [1.165, 1.54) is 13.2 Å². The minimum Gasteiger partial charge on any atom is -0.496 e. The van der Waals surface area contributed by atoms with Crippen LogP contribution in [0.4, 0.5) is 14.5 Å². The fourth-order valence-corrected chi connectivity index (χ4v) is 5.42. The second kappa shape index (κ2) is 10.1. The zero-order valence-electron chi connectivity index (χ0n) is 20.5. The first kappa shape index (κ1) is 24.6. The van der Waals surface area contributed by atoms with Crippen molar-refractivity contribution in [2.24, 2.45) is 10.9 Å². The first-order valence-electron chi connectivity index (χ1n) is 12.1. The number of ether oxygens (including phenoxy) is 1. The number of aliphatic imine (C=N–C) groups is 1. The Labute approximate surface area is 213 Å². The molecule has 37 heavy (non-hydrogen) atoms. The number of anilines is 1. The summed E-state index contributed by atoms with van der Waals surface area (Å²) in [6, 6.07) is 20.1. The van der Waals surface area contributed by atoms with E-state index in [1.807, 2.05) is 48.5 Å². The fraction of sp³-hybridized carbons (Fsp3) is 0.233. The third-order valence-electron chi connectivity index (χ3n) is 7.11. The van der Waals surface area contributed by atoms with Crippen LogP contribution in [0.25, 0.3) is 0 Å². The molecule has 1 unspecified atom stereocenters. The van der Waals surface area contributed by atoms with Gasteiger partial charge in [0.05, 0.1) is 18.7 Å². The standard InChI is InChI=1S/C30H26F2N2O3/c1-17-27(30(36)34-23-13-12-20(31)16-22(23)32)28(21-10-6-7-11-26(21)37-2)29-24(33-17)14-19(15-25(29)35)18-8-4-3-5-9-18/h3-13,16,19,27-28H,14-15H2,1-2H3,(H,34,36)/t19-,27?,28-/m0/s1. The molecule has 1 aliphatic heterocycles. The predicted octanol–water partition coefficient (Wildman–Crippen LogP) is 6.19. The van der Waals surface area contributed by atoms with E-state index in [1.54, 1.807) is 13.0 Å². The highest BCUT2D eigenvalue weighted by Gasteiger charge is 2.45. The number of nitrogens with one attached hydrogen (secondary N) is 1. The van der Waals surface area contributed by atoms with E-state index in [9.17, 15) is 18.4 Å². The number of benzene rings is 3. The number of carbonyl (C=O) groups is 2. The molecule has 1 aliphatic carbocycles. The Morgan fingerprint density at radius 3 is 2.46 bits per heavy atom. The molecule has 2 aliphatic rings. The average molecular weight is 501 g/mol. The number of nitrogens with zero attached hydrogens (tertiary/aromatic N) is 1. The Morgan fingerprint density at radius 2 is 1.73 bits per heavy atom. The molecular formula is C30H26F2N2O3. The summed E-state index contributed by atoms with van der Waals surface area (Å²) in [6.45, 7) is 1.74. The van der Waals surface area contributed by atoms with Crippen LogP contribution >= 0.6 is 0 Å². The molecule has 3 aromatic rings. The smallest absolute Gasteiger partial charge is 0.234 e. The van der Waals surface area contributed by atoms with Gasteiger partial charge in [0.2, 0.25) is 5.91 Å². The third kappa shape index (κ3) is 4.69. The van der Waals surface area contributed by atoms with Crippen LogP contribution in [-0.2, 0) is 9.59 Å². The summed E-state index contributed by atoms with van der Waals surface area (Å²) in [6.07, 6.45) is 0.860. The van der Waals surface area contributed by atoms with Gasteiger partial charge in [-0.2, -0.15) is 0 Å². The summed E-state index contributed by atoms with van der Waals surface area (Å²) in [7, 11) is 1.54. The molecule has 0 aromatic heterocycles. The van der Waals surface area contributed by atoms with Crippen LogP contribution in [0.2, 0.25) is 0 Å². The topological polar surface area (TPSA) is 67.8 Å². The quantitative estimate of drug-likeness (QED) is 0.454. The first-order valence-corrected chi connectivity index (χ1v) is 12.1. The summed E-state index contributed by atoms with van der Waals surface area (Å²) in [5.74, 6) is -3.27. The number of amides is 1. The zero-order valence-corrected chi connectivity index (χ0v) is 20.5. The highest BCUT2D eigenvalue weighted by atomic mass is 19.1. The van der Waals surface area contributed by atoms with Crippen molar-refractivity contribution < 1.29 is 23.1 Å². The van der Waals surface area contributed by atoms with Crippen molar-refractivity contribution in [2.45, 2.75) is 31.6 Å². The van der Waals surface area contributed by atoms with Crippen molar-refractivity contribution in [1.29, 1.82) is 0 Å². The monoisotopic (exact) mass is 500 g/mol. The molecule has 1 heterocycles. The Morgan fingerprint density at radius 1 is 1.00 bits per heavy atom. The van der Waals surface area contributed by atoms with Gasteiger partial charge < -0.3 is 10.1 Å². The Bertz CT molecular complexity index is 1430. The molecule has 1 N–H and O–H groups in total. The molecule has 3 atom stereocenters. The van der Waals surface area contributed by atoms with E-state index in [4.69, 9.17) is 9.73 Å². The molecule has 5 nitrogen and oxygen atoms in total. The van der Waals surface area contributed by atoms with E-state index >= 15 is 0 Å². The lowest BCUT2D eigenvalue weighted by Gasteiger charge is -2.37. The lowest BCUT2D eigenvalue weighted by molar-refractivity contribution is -0.119. The average Bonchev–Trinajstić information content (AvgIpc) is 2.89. The second-order valence-electron chi connectivity index (χ2n) is 9.36. The van der Waals surface area contributed by atoms with E-state index in [0.29, 0.717) is 47.2 Å². The zero-order chi connectivity index (χ0) is 26.1. The molecule has 3 aromatic carbocycles. The molecular weight excluding hydrogens is 474 g/mol. The van der Waals surface area contributed by atoms with Crippen LogP contribution in [0.3, 0.4) is 0 Å². The largest absolute Gasteiger partial charge is 0.496 e. The molecule has 0 radical (unpaired) electrons. The molecule has 188 valence electrons. The summed E-state index contributed by atoms with van der Waals surface area (Å²) >= 11 is 0. The number of Topliss-reactive ketones (excluding diaryl/α,β-unsaturated/α-hetero) is 1. The summed E-state index contributed by atoms with van der Waals surface area (Å²) in [5, 5.41) is 2.58. The van der Waals surface area contributed by atoms with Crippen molar-refractivity contribution in [3.63, 3.8) is 0 Å². The molecule has 0 spiro atoms. The van der Waals surface area contributed by atoms with Gasteiger partial charge in [-0.05, 0) is 43.0 Å². The van der Waals surface area contributed by atoms with Gasteiger partial charge in [-0.25, -0.2) is 8.78 Å². The van der Waals surface area contributed by atoms with Crippen LogP contribution in [0.15, 0.2) is 89.1 Å². The van der Waals surface area contributed by atoms with Gasteiger partial charge in [-0.15, -0.1) is 0 Å². The normalized spacial score (nSPS) is 21.2. The number of hydrogen-bond donors (Lipinski definition) is 1. The Hall–Kier alpha value is -4.13. The number of para-hydroxylation sites is 1. The molecule has 0 bridgehead atoms. The van der Waals surface area contributed by atoms with Gasteiger partial charge in [0.15, 0.2) is 5.78 Å². The van der Waals surface area contributed by atoms with Crippen LogP contribution in [0.5, 0.6) is 5.75 Å². The highest BCUT2D eigenvalue weighted by molar-refractivity contribution is 6.13. The van der Waals surface area contributed by atoms with Crippen molar-refractivity contribution in [1.82, 2.24) is 0 Å². The summed E-state index contributed by atoms with van der Waals surface area (Å²) < 4.78 is 33.4. The number of carbonyl (C=O) groups excluding carboxylic acids is 2. The van der Waals surface area contributed by atoms with E-state index in [0.717, 1.165) is 11.6 Å². The lowest BCUT2D eigenvalue weighted by atomic mass is 9.69. The van der Waals surface area contributed by atoms with E-state index < -0.39 is 29.4 Å². The molecule has 0 saturated heterocycles. The van der Waals surface area contributed by atoms with Crippen molar-refractivity contribution in [3.05, 3.63) is 107 Å². The van der Waals surface area contributed by atoms with Crippen LogP contribution in [0, 0.1) is 17.6 Å². The van der Waals surface area contributed by atoms with Crippen molar-refractivity contribution >= 4 is 23.1 Å². The van der Waals surface area contributed by atoms with Gasteiger partial charge >= 0.3 is 0 Å². The SMILES string of the molecule is COc1ccccc1[C@@H]1C2=C(C[C@H](c3ccccc3)CC2=O)N=C(C)C1C(=O)Nc1ccc(F)cc1F. The molecule has 7 heteroatoms. The first-order chi connectivity index (χ1) is 17.9. The maximum atomic E-state index is 14.4. The number of ketones is 1. The molecule has 0 saturated carbocycles. The van der Waals surface area contributed by atoms with Crippen LogP contribution in [-0.4, -0.2) is 24.5 Å². The number of halogens is 2. The predicted molar refractivity (Wildman–Crippen MR) is 138 cm³/mol. The maximum Gasteiger partial charge on any atom is 0.234 e. The minimum absolute atomic E-state index is 0.0130. The molecule has 1 amide bonds. The van der Waals surface area contributed by atoms with Gasteiger partial charge in [0.25, 0.3) is 0 Å².